The molecule has 0 aliphatic carbocycles. The zero-order valence-corrected chi connectivity index (χ0v) is 11.8. The van der Waals surface area contributed by atoms with Crippen molar-refractivity contribution in [3.8, 4) is 5.69 Å². The largest absolute Gasteiger partial charge is 0.369 e. The second-order valence-corrected chi connectivity index (χ2v) is 5.31. The molecule has 0 fully saturated rings. The summed E-state index contributed by atoms with van der Waals surface area (Å²) in [5.74, 6) is -0.0626. The van der Waals surface area contributed by atoms with Gasteiger partial charge in [0, 0.05) is 4.47 Å². The van der Waals surface area contributed by atoms with E-state index >= 15 is 0 Å². The normalized spacial score (nSPS) is 11.1. The number of imidazole rings is 1. The van der Waals surface area contributed by atoms with Gasteiger partial charge in [-0.3, -0.25) is 4.57 Å². The molecule has 0 atom stereocenters. The van der Waals surface area contributed by atoms with Crippen LogP contribution < -0.4 is 5.73 Å². The van der Waals surface area contributed by atoms with E-state index < -0.39 is 0 Å². The predicted molar refractivity (Wildman–Crippen MR) is 77.9 cm³/mol. The molecule has 0 aliphatic rings. The average molecular weight is 320 g/mol. The maximum atomic E-state index is 14.0. The number of nitrogens with zero attached hydrogens (tertiary/aromatic N) is 2. The van der Waals surface area contributed by atoms with Gasteiger partial charge in [-0.1, -0.05) is 22.0 Å². The fraction of sp³-hybridized carbons (Fsp3) is 0.0714. The third-order valence-corrected chi connectivity index (χ3v) is 3.48. The van der Waals surface area contributed by atoms with Crippen LogP contribution in [0, 0.1) is 12.7 Å². The standard InChI is InChI=1S/C14H11BrFN3/c1-8-2-5-12-11(6-8)18-14(17)19(12)13-7-9(15)3-4-10(13)16/h2-7H,1H3,(H2,17,18). The van der Waals surface area contributed by atoms with E-state index in [4.69, 9.17) is 5.73 Å². The van der Waals surface area contributed by atoms with Crippen LogP contribution >= 0.6 is 15.9 Å². The van der Waals surface area contributed by atoms with Crippen molar-refractivity contribution in [2.45, 2.75) is 6.92 Å². The number of hydrogen-bond donors (Lipinski definition) is 1. The number of anilines is 1. The maximum Gasteiger partial charge on any atom is 0.206 e. The van der Waals surface area contributed by atoms with Gasteiger partial charge in [-0.2, -0.15) is 0 Å². The molecule has 0 amide bonds. The Labute approximate surface area is 118 Å². The zero-order chi connectivity index (χ0) is 13.6. The van der Waals surface area contributed by atoms with Crippen LogP contribution in [0.25, 0.3) is 16.7 Å². The van der Waals surface area contributed by atoms with Crippen LogP contribution in [0.15, 0.2) is 40.9 Å². The molecular formula is C14H11BrFN3. The molecule has 0 aliphatic heterocycles. The predicted octanol–water partition coefficient (Wildman–Crippen LogP) is 3.82. The van der Waals surface area contributed by atoms with E-state index in [0.29, 0.717) is 5.69 Å². The Morgan fingerprint density at radius 1 is 1.21 bits per heavy atom. The third kappa shape index (κ3) is 2.00. The van der Waals surface area contributed by atoms with Crippen molar-refractivity contribution in [1.82, 2.24) is 9.55 Å². The Hall–Kier alpha value is -1.88. The molecule has 0 saturated carbocycles. The van der Waals surface area contributed by atoms with Gasteiger partial charge >= 0.3 is 0 Å². The number of aromatic nitrogens is 2. The molecule has 0 unspecified atom stereocenters. The third-order valence-electron chi connectivity index (χ3n) is 2.99. The summed E-state index contributed by atoms with van der Waals surface area (Å²) in [7, 11) is 0. The molecule has 0 spiro atoms. The summed E-state index contributed by atoms with van der Waals surface area (Å²) < 4.78 is 16.4. The van der Waals surface area contributed by atoms with E-state index in [1.807, 2.05) is 25.1 Å². The minimum atomic E-state index is -0.338. The van der Waals surface area contributed by atoms with E-state index in [9.17, 15) is 4.39 Å². The Morgan fingerprint density at radius 3 is 2.79 bits per heavy atom. The molecule has 96 valence electrons. The molecule has 3 nitrogen and oxygen atoms in total. The number of fused-ring (bicyclic) bond motifs is 1. The lowest BCUT2D eigenvalue weighted by Crippen LogP contribution is -2.02. The van der Waals surface area contributed by atoms with Crippen molar-refractivity contribution < 1.29 is 4.39 Å². The van der Waals surface area contributed by atoms with Crippen LogP contribution in [0.5, 0.6) is 0 Å². The van der Waals surface area contributed by atoms with Crippen LogP contribution in [0.2, 0.25) is 0 Å². The monoisotopic (exact) mass is 319 g/mol. The number of nitrogens with two attached hydrogens (primary N) is 1. The van der Waals surface area contributed by atoms with Gasteiger partial charge in [0.25, 0.3) is 0 Å². The fourth-order valence-corrected chi connectivity index (χ4v) is 2.47. The summed E-state index contributed by atoms with van der Waals surface area (Å²) in [6.45, 7) is 1.98. The average Bonchev–Trinajstić information content (AvgIpc) is 2.67. The van der Waals surface area contributed by atoms with Crippen molar-refractivity contribution in [3.05, 3.63) is 52.3 Å². The molecule has 5 heteroatoms. The van der Waals surface area contributed by atoms with E-state index in [-0.39, 0.29) is 11.8 Å². The Morgan fingerprint density at radius 2 is 2.00 bits per heavy atom. The summed E-state index contributed by atoms with van der Waals surface area (Å²) in [4.78, 5) is 4.28. The quantitative estimate of drug-likeness (QED) is 0.741. The molecule has 0 bridgehead atoms. The van der Waals surface area contributed by atoms with E-state index in [1.54, 1.807) is 16.7 Å². The molecule has 2 N–H and O–H groups in total. The van der Waals surface area contributed by atoms with Crippen LogP contribution in [-0.4, -0.2) is 9.55 Å². The lowest BCUT2D eigenvalue weighted by Gasteiger charge is -2.08. The summed E-state index contributed by atoms with van der Waals surface area (Å²) in [5.41, 5.74) is 8.95. The fourth-order valence-electron chi connectivity index (χ4n) is 2.12. The van der Waals surface area contributed by atoms with Crippen molar-refractivity contribution in [2.24, 2.45) is 0 Å². The lowest BCUT2D eigenvalue weighted by atomic mass is 10.2. The van der Waals surface area contributed by atoms with Gasteiger partial charge in [0.1, 0.15) is 5.82 Å². The van der Waals surface area contributed by atoms with Gasteiger partial charge in [0.15, 0.2) is 0 Å². The van der Waals surface area contributed by atoms with Crippen molar-refractivity contribution in [2.75, 3.05) is 5.73 Å². The van der Waals surface area contributed by atoms with Crippen molar-refractivity contribution >= 4 is 32.9 Å². The summed E-state index contributed by atoms with van der Waals surface area (Å²) in [5, 5.41) is 0. The second kappa shape index (κ2) is 4.35. The molecule has 3 aromatic rings. The highest BCUT2D eigenvalue weighted by molar-refractivity contribution is 9.10. The summed E-state index contributed by atoms with van der Waals surface area (Å²) in [6, 6.07) is 10.5. The van der Waals surface area contributed by atoms with Crippen LogP contribution in [-0.2, 0) is 0 Å². The molecule has 0 saturated heterocycles. The Kier molecular flexibility index (Phi) is 2.78. The maximum absolute atomic E-state index is 14.0. The van der Waals surface area contributed by atoms with Crippen LogP contribution in [0.3, 0.4) is 0 Å². The molecule has 2 aromatic carbocycles. The van der Waals surface area contributed by atoms with Crippen LogP contribution in [0.4, 0.5) is 10.3 Å². The number of rotatable bonds is 1. The van der Waals surface area contributed by atoms with Crippen molar-refractivity contribution in [1.29, 1.82) is 0 Å². The topological polar surface area (TPSA) is 43.8 Å². The second-order valence-electron chi connectivity index (χ2n) is 4.39. The van der Waals surface area contributed by atoms with Crippen LogP contribution in [0.1, 0.15) is 5.56 Å². The van der Waals surface area contributed by atoms with Gasteiger partial charge in [-0.15, -0.1) is 0 Å². The van der Waals surface area contributed by atoms with Gasteiger partial charge in [-0.25, -0.2) is 9.37 Å². The lowest BCUT2D eigenvalue weighted by molar-refractivity contribution is 0.619. The molecule has 3 rings (SSSR count). The smallest absolute Gasteiger partial charge is 0.206 e. The highest BCUT2D eigenvalue weighted by Gasteiger charge is 2.13. The van der Waals surface area contributed by atoms with E-state index in [0.717, 1.165) is 21.1 Å². The zero-order valence-electron chi connectivity index (χ0n) is 10.2. The number of nitrogen functional groups attached to an aromatic ring is 1. The highest BCUT2D eigenvalue weighted by Crippen LogP contribution is 2.27. The van der Waals surface area contributed by atoms with E-state index in [1.165, 1.54) is 6.07 Å². The van der Waals surface area contributed by atoms with Crippen molar-refractivity contribution in [3.63, 3.8) is 0 Å². The number of aryl methyl sites for hydroxylation is 1. The Bertz CT molecular complexity index is 780. The minimum absolute atomic E-state index is 0.276. The van der Waals surface area contributed by atoms with Gasteiger partial charge in [0.2, 0.25) is 5.95 Å². The van der Waals surface area contributed by atoms with Gasteiger partial charge in [0.05, 0.1) is 16.7 Å². The molecule has 0 radical (unpaired) electrons. The summed E-state index contributed by atoms with van der Waals surface area (Å²) in [6.07, 6.45) is 0. The first-order valence-electron chi connectivity index (χ1n) is 5.76. The summed E-state index contributed by atoms with van der Waals surface area (Å²) >= 11 is 3.34. The molecule has 19 heavy (non-hydrogen) atoms. The van der Waals surface area contributed by atoms with E-state index in [2.05, 4.69) is 20.9 Å². The molecule has 1 heterocycles. The van der Waals surface area contributed by atoms with Gasteiger partial charge < -0.3 is 5.73 Å². The SMILES string of the molecule is Cc1ccc2c(c1)nc(N)n2-c1cc(Br)ccc1F. The molecule has 1 aromatic heterocycles. The number of benzene rings is 2. The Balaban J connectivity index is 2.36. The van der Waals surface area contributed by atoms with Gasteiger partial charge in [-0.05, 0) is 42.8 Å². The minimum Gasteiger partial charge on any atom is -0.369 e. The first kappa shape index (κ1) is 12.2. The number of halogens is 2. The molecular weight excluding hydrogens is 309 g/mol. The first-order chi connectivity index (χ1) is 9.06. The first-order valence-corrected chi connectivity index (χ1v) is 6.55. The highest BCUT2D eigenvalue weighted by atomic mass is 79.9. The number of hydrogen-bond acceptors (Lipinski definition) is 2.